The zero-order valence-electron chi connectivity index (χ0n) is 8.89. The number of nitrogens with two attached hydrogens (primary N) is 1. The Hall–Kier alpha value is -2.00. The number of carbonyl (C=O) groups is 1. The lowest BCUT2D eigenvalue weighted by molar-refractivity contribution is 0.100. The third kappa shape index (κ3) is 2.77. The molecule has 86 valence electrons. The quantitative estimate of drug-likeness (QED) is 0.905. The maximum absolute atomic E-state index is 10.9. The molecule has 0 atom stereocenters. The molecule has 0 saturated carbocycles. The molecule has 0 bridgehead atoms. The Labute approximate surface area is 104 Å². The van der Waals surface area contributed by atoms with Gasteiger partial charge in [0.2, 0.25) is 5.91 Å². The van der Waals surface area contributed by atoms with Crippen molar-refractivity contribution in [2.45, 2.75) is 0 Å². The van der Waals surface area contributed by atoms with Crippen LogP contribution < -0.4 is 10.5 Å². The summed E-state index contributed by atoms with van der Waals surface area (Å²) in [7, 11) is 0. The van der Waals surface area contributed by atoms with Gasteiger partial charge in [-0.3, -0.25) is 4.79 Å². The van der Waals surface area contributed by atoms with Crippen molar-refractivity contribution in [2.75, 3.05) is 0 Å². The first-order chi connectivity index (χ1) is 8.16. The Morgan fingerprint density at radius 1 is 1.12 bits per heavy atom. The standard InChI is InChI=1S/C13H10ClNO2/c14-11-8-9(13(15)16)6-7-12(11)17-10-4-2-1-3-5-10/h1-8H,(H2,15,16). The number of carbonyl (C=O) groups excluding carboxylic acids is 1. The van der Waals surface area contributed by atoms with Gasteiger partial charge >= 0.3 is 0 Å². The van der Waals surface area contributed by atoms with E-state index in [2.05, 4.69) is 0 Å². The molecule has 2 aromatic rings. The van der Waals surface area contributed by atoms with Gasteiger partial charge < -0.3 is 10.5 Å². The van der Waals surface area contributed by atoms with Crippen molar-refractivity contribution in [3.8, 4) is 11.5 Å². The van der Waals surface area contributed by atoms with E-state index in [0.717, 1.165) is 0 Å². The van der Waals surface area contributed by atoms with Gasteiger partial charge in [0.05, 0.1) is 5.02 Å². The number of rotatable bonds is 3. The van der Waals surface area contributed by atoms with Crippen LogP contribution in [-0.4, -0.2) is 5.91 Å². The Morgan fingerprint density at radius 2 is 1.82 bits per heavy atom. The molecular weight excluding hydrogens is 238 g/mol. The predicted molar refractivity (Wildman–Crippen MR) is 66.5 cm³/mol. The summed E-state index contributed by atoms with van der Waals surface area (Å²) >= 11 is 5.99. The van der Waals surface area contributed by atoms with Crippen LogP contribution in [0.3, 0.4) is 0 Å². The summed E-state index contributed by atoms with van der Waals surface area (Å²) in [5.41, 5.74) is 5.50. The van der Waals surface area contributed by atoms with Crippen molar-refractivity contribution in [2.24, 2.45) is 5.73 Å². The van der Waals surface area contributed by atoms with Crippen LogP contribution in [0, 0.1) is 0 Å². The van der Waals surface area contributed by atoms with Crippen LogP contribution in [-0.2, 0) is 0 Å². The number of para-hydroxylation sites is 1. The summed E-state index contributed by atoms with van der Waals surface area (Å²) in [6, 6.07) is 13.9. The first kappa shape index (κ1) is 11.5. The van der Waals surface area contributed by atoms with E-state index in [4.69, 9.17) is 22.1 Å². The molecule has 0 heterocycles. The van der Waals surface area contributed by atoms with E-state index in [1.165, 1.54) is 6.07 Å². The van der Waals surface area contributed by atoms with Gasteiger partial charge in [0.25, 0.3) is 0 Å². The van der Waals surface area contributed by atoms with Crippen LogP contribution in [0.2, 0.25) is 5.02 Å². The molecule has 0 radical (unpaired) electrons. The fourth-order valence-electron chi connectivity index (χ4n) is 1.35. The smallest absolute Gasteiger partial charge is 0.248 e. The third-order valence-electron chi connectivity index (χ3n) is 2.19. The highest BCUT2D eigenvalue weighted by molar-refractivity contribution is 6.32. The number of hydrogen-bond acceptors (Lipinski definition) is 2. The number of halogens is 1. The lowest BCUT2D eigenvalue weighted by Crippen LogP contribution is -2.10. The van der Waals surface area contributed by atoms with E-state index in [1.807, 2.05) is 30.3 Å². The number of hydrogen-bond donors (Lipinski definition) is 1. The van der Waals surface area contributed by atoms with Crippen LogP contribution in [0.1, 0.15) is 10.4 Å². The van der Waals surface area contributed by atoms with Crippen LogP contribution in [0.4, 0.5) is 0 Å². The second-order valence-electron chi connectivity index (χ2n) is 3.42. The first-order valence-electron chi connectivity index (χ1n) is 4.99. The minimum Gasteiger partial charge on any atom is -0.456 e. The van der Waals surface area contributed by atoms with Crippen LogP contribution in [0.25, 0.3) is 0 Å². The van der Waals surface area contributed by atoms with Crippen molar-refractivity contribution in [1.82, 2.24) is 0 Å². The SMILES string of the molecule is NC(=O)c1ccc(Oc2ccccc2)c(Cl)c1. The van der Waals surface area contributed by atoms with E-state index in [9.17, 15) is 4.79 Å². The van der Waals surface area contributed by atoms with Gasteiger partial charge in [-0.1, -0.05) is 29.8 Å². The summed E-state index contributed by atoms with van der Waals surface area (Å²) in [5, 5.41) is 0.352. The lowest BCUT2D eigenvalue weighted by Gasteiger charge is -2.07. The van der Waals surface area contributed by atoms with Gasteiger partial charge in [-0.25, -0.2) is 0 Å². The maximum Gasteiger partial charge on any atom is 0.248 e. The fourth-order valence-corrected chi connectivity index (χ4v) is 1.57. The molecule has 0 saturated heterocycles. The van der Waals surface area contributed by atoms with E-state index in [-0.39, 0.29) is 0 Å². The summed E-state index contributed by atoms with van der Waals surface area (Å²) in [6.07, 6.45) is 0. The van der Waals surface area contributed by atoms with Crippen LogP contribution in [0.15, 0.2) is 48.5 Å². The Morgan fingerprint density at radius 3 is 2.41 bits per heavy atom. The van der Waals surface area contributed by atoms with E-state index in [1.54, 1.807) is 12.1 Å². The molecule has 1 amide bonds. The third-order valence-corrected chi connectivity index (χ3v) is 2.48. The number of primary amides is 1. The molecule has 0 aliphatic carbocycles. The summed E-state index contributed by atoms with van der Waals surface area (Å²) < 4.78 is 5.56. The molecule has 0 aliphatic rings. The summed E-state index contributed by atoms with van der Waals surface area (Å²) in [5.74, 6) is 0.655. The van der Waals surface area contributed by atoms with Gasteiger partial charge in [0.1, 0.15) is 11.5 Å². The van der Waals surface area contributed by atoms with Gasteiger partial charge in [-0.2, -0.15) is 0 Å². The normalized spacial score (nSPS) is 9.94. The zero-order chi connectivity index (χ0) is 12.3. The molecule has 0 aliphatic heterocycles. The Kier molecular flexibility index (Phi) is 3.30. The van der Waals surface area contributed by atoms with Crippen molar-refractivity contribution in [3.63, 3.8) is 0 Å². The van der Waals surface area contributed by atoms with Crippen LogP contribution in [0.5, 0.6) is 11.5 Å². The summed E-state index contributed by atoms with van der Waals surface area (Å²) in [4.78, 5) is 10.9. The molecule has 17 heavy (non-hydrogen) atoms. The minimum atomic E-state index is -0.516. The van der Waals surface area contributed by atoms with Gasteiger partial charge in [0.15, 0.2) is 0 Å². The zero-order valence-corrected chi connectivity index (χ0v) is 9.65. The number of amides is 1. The highest BCUT2D eigenvalue weighted by Gasteiger charge is 2.07. The average molecular weight is 248 g/mol. The monoisotopic (exact) mass is 247 g/mol. The molecule has 3 nitrogen and oxygen atoms in total. The van der Waals surface area contributed by atoms with Crippen molar-refractivity contribution < 1.29 is 9.53 Å². The Bertz CT molecular complexity index is 540. The van der Waals surface area contributed by atoms with Gasteiger partial charge in [-0.15, -0.1) is 0 Å². The maximum atomic E-state index is 10.9. The second kappa shape index (κ2) is 4.89. The summed E-state index contributed by atoms with van der Waals surface area (Å²) in [6.45, 7) is 0. The fraction of sp³-hybridized carbons (Fsp3) is 0. The number of ether oxygens (including phenoxy) is 1. The molecule has 2 aromatic carbocycles. The minimum absolute atomic E-state index is 0.352. The van der Waals surface area contributed by atoms with Crippen molar-refractivity contribution in [1.29, 1.82) is 0 Å². The molecule has 0 unspecified atom stereocenters. The highest BCUT2D eigenvalue weighted by Crippen LogP contribution is 2.29. The molecule has 0 spiro atoms. The van der Waals surface area contributed by atoms with Crippen molar-refractivity contribution in [3.05, 3.63) is 59.1 Å². The van der Waals surface area contributed by atoms with Crippen molar-refractivity contribution >= 4 is 17.5 Å². The molecule has 4 heteroatoms. The molecular formula is C13H10ClNO2. The number of benzene rings is 2. The molecule has 0 fully saturated rings. The molecule has 2 N–H and O–H groups in total. The predicted octanol–water partition coefficient (Wildman–Crippen LogP) is 3.23. The first-order valence-corrected chi connectivity index (χ1v) is 5.37. The second-order valence-corrected chi connectivity index (χ2v) is 3.83. The molecule has 2 rings (SSSR count). The van der Waals surface area contributed by atoms with E-state index in [0.29, 0.717) is 22.1 Å². The molecule has 0 aromatic heterocycles. The lowest BCUT2D eigenvalue weighted by atomic mass is 10.2. The van der Waals surface area contributed by atoms with E-state index < -0.39 is 5.91 Å². The largest absolute Gasteiger partial charge is 0.456 e. The topological polar surface area (TPSA) is 52.3 Å². The van der Waals surface area contributed by atoms with Crippen LogP contribution >= 0.6 is 11.6 Å². The highest BCUT2D eigenvalue weighted by atomic mass is 35.5. The van der Waals surface area contributed by atoms with Gasteiger partial charge in [-0.05, 0) is 30.3 Å². The average Bonchev–Trinajstić information content (AvgIpc) is 2.33. The van der Waals surface area contributed by atoms with Gasteiger partial charge in [0, 0.05) is 5.56 Å². The Balaban J connectivity index is 2.26. The van der Waals surface area contributed by atoms with E-state index >= 15 is 0 Å².